The Kier molecular flexibility index (Phi) is 5.77. The minimum Gasteiger partial charge on any atom is -0.347 e. The molecule has 0 bridgehead atoms. The van der Waals surface area contributed by atoms with Crippen LogP contribution in [0.3, 0.4) is 0 Å². The van der Waals surface area contributed by atoms with Gasteiger partial charge in [-0.1, -0.05) is 29.3 Å². The van der Waals surface area contributed by atoms with E-state index in [1.54, 1.807) is 26.2 Å². The first kappa shape index (κ1) is 20.0. The molecule has 1 aromatic carbocycles. The van der Waals surface area contributed by atoms with E-state index in [1.165, 1.54) is 17.9 Å². The predicted molar refractivity (Wildman–Crippen MR) is 95.8 cm³/mol. The van der Waals surface area contributed by atoms with E-state index in [-0.39, 0.29) is 17.5 Å². The minimum absolute atomic E-state index is 0.219. The first-order chi connectivity index (χ1) is 12.1. The molecule has 140 valence electrons. The quantitative estimate of drug-likeness (QED) is 0.719. The normalized spacial score (nSPS) is 19.3. The molecular weight excluding hydrogens is 383 g/mol. The van der Waals surface area contributed by atoms with Crippen LogP contribution >= 0.6 is 23.2 Å². The van der Waals surface area contributed by atoms with Crippen LogP contribution in [0, 0.1) is 0 Å². The molecule has 1 aliphatic heterocycles. The summed E-state index contributed by atoms with van der Waals surface area (Å²) in [6.07, 6.45) is 0. The van der Waals surface area contributed by atoms with Crippen LogP contribution in [-0.2, 0) is 19.9 Å². The van der Waals surface area contributed by atoms with Crippen LogP contribution in [0.4, 0.5) is 4.79 Å². The minimum atomic E-state index is -1.42. The van der Waals surface area contributed by atoms with Gasteiger partial charge in [-0.25, -0.2) is 4.79 Å². The van der Waals surface area contributed by atoms with E-state index in [4.69, 9.17) is 23.2 Å². The number of nitrogens with zero attached hydrogens (tertiary/aromatic N) is 2. The molecule has 1 heterocycles. The zero-order valence-corrected chi connectivity index (χ0v) is 15.9. The number of halogens is 2. The van der Waals surface area contributed by atoms with Crippen molar-refractivity contribution >= 4 is 47.0 Å². The van der Waals surface area contributed by atoms with Gasteiger partial charge in [-0.05, 0) is 19.1 Å². The third kappa shape index (κ3) is 3.91. The van der Waals surface area contributed by atoms with Crippen LogP contribution in [0.25, 0.3) is 0 Å². The number of carbonyl (C=O) groups excluding carboxylic acids is 4. The van der Waals surface area contributed by atoms with E-state index < -0.39 is 29.9 Å². The second-order valence-electron chi connectivity index (χ2n) is 6.14. The third-order valence-corrected chi connectivity index (χ3v) is 4.53. The first-order valence-corrected chi connectivity index (χ1v) is 8.38. The molecule has 0 aromatic heterocycles. The molecule has 10 heteroatoms. The molecule has 1 aromatic rings. The highest BCUT2D eigenvalue weighted by molar-refractivity contribution is 6.35. The van der Waals surface area contributed by atoms with Gasteiger partial charge in [0.2, 0.25) is 11.8 Å². The fourth-order valence-electron chi connectivity index (χ4n) is 2.45. The summed E-state index contributed by atoms with van der Waals surface area (Å²) >= 11 is 12.0. The number of urea groups is 1. The molecule has 0 unspecified atom stereocenters. The molecule has 0 saturated carbocycles. The number of hydrogen-bond acceptors (Lipinski definition) is 4. The molecule has 1 aliphatic rings. The van der Waals surface area contributed by atoms with Gasteiger partial charge in [0.05, 0.1) is 6.54 Å². The third-order valence-electron chi connectivity index (χ3n) is 3.98. The van der Waals surface area contributed by atoms with Crippen LogP contribution in [0.5, 0.6) is 0 Å². The maximum Gasteiger partial charge on any atom is 0.325 e. The Morgan fingerprint density at radius 1 is 1.27 bits per heavy atom. The van der Waals surface area contributed by atoms with Crippen LogP contribution in [0.15, 0.2) is 18.2 Å². The topological polar surface area (TPSA) is 98.8 Å². The molecule has 1 saturated heterocycles. The summed E-state index contributed by atoms with van der Waals surface area (Å²) in [5.74, 6) is -1.57. The SMILES string of the molecule is CN(C)C(=O)CNC(=O)CN1C(=O)N[C@](C)(c2ccc(Cl)cc2Cl)C1=O. The molecular formula is C16H18Cl2N4O4. The van der Waals surface area contributed by atoms with Crippen molar-refractivity contribution in [2.45, 2.75) is 12.5 Å². The Morgan fingerprint density at radius 3 is 2.50 bits per heavy atom. The number of carbonyl (C=O) groups is 4. The Hall–Kier alpha value is -2.32. The predicted octanol–water partition coefficient (Wildman–Crippen LogP) is 0.965. The van der Waals surface area contributed by atoms with Gasteiger partial charge in [-0.2, -0.15) is 0 Å². The lowest BCUT2D eigenvalue weighted by Gasteiger charge is -2.23. The molecule has 5 amide bonds. The van der Waals surface area contributed by atoms with Gasteiger partial charge in [0.1, 0.15) is 12.1 Å². The summed E-state index contributed by atoms with van der Waals surface area (Å²) in [5, 5.41) is 5.53. The van der Waals surface area contributed by atoms with E-state index in [0.29, 0.717) is 10.6 Å². The number of benzene rings is 1. The van der Waals surface area contributed by atoms with Crippen molar-refractivity contribution in [1.82, 2.24) is 20.4 Å². The number of nitrogens with one attached hydrogen (secondary N) is 2. The largest absolute Gasteiger partial charge is 0.347 e. The maximum absolute atomic E-state index is 12.8. The van der Waals surface area contributed by atoms with E-state index >= 15 is 0 Å². The summed E-state index contributed by atoms with van der Waals surface area (Å²) in [6, 6.07) is 3.83. The Labute approximate surface area is 160 Å². The average Bonchev–Trinajstić information content (AvgIpc) is 2.76. The van der Waals surface area contributed by atoms with Gasteiger partial charge in [-0.3, -0.25) is 19.3 Å². The van der Waals surface area contributed by atoms with Crippen LogP contribution < -0.4 is 10.6 Å². The Morgan fingerprint density at radius 2 is 1.92 bits per heavy atom. The number of likely N-dealkylation sites (N-methyl/N-ethyl adjacent to an activating group) is 1. The van der Waals surface area contributed by atoms with Crippen molar-refractivity contribution in [3.05, 3.63) is 33.8 Å². The Balaban J connectivity index is 2.13. The van der Waals surface area contributed by atoms with Crippen LogP contribution in [-0.4, -0.2) is 60.7 Å². The summed E-state index contributed by atoms with van der Waals surface area (Å²) in [7, 11) is 3.10. The highest BCUT2D eigenvalue weighted by atomic mass is 35.5. The standard InChI is InChI=1S/C16H18Cl2N4O4/c1-16(10-5-4-9(17)6-11(10)18)14(25)22(15(26)20-16)8-12(23)19-7-13(24)21(2)3/h4-6H,7-8H2,1-3H3,(H,19,23)(H,20,26)/t16-/m1/s1. The maximum atomic E-state index is 12.8. The fraction of sp³-hybridized carbons (Fsp3) is 0.375. The van der Waals surface area contributed by atoms with Crippen molar-refractivity contribution in [3.63, 3.8) is 0 Å². The van der Waals surface area contributed by atoms with Gasteiger partial charge < -0.3 is 15.5 Å². The smallest absolute Gasteiger partial charge is 0.325 e. The van der Waals surface area contributed by atoms with Crippen LogP contribution in [0.2, 0.25) is 10.0 Å². The van der Waals surface area contributed by atoms with Gasteiger partial charge in [0, 0.05) is 29.7 Å². The van der Waals surface area contributed by atoms with Crippen molar-refractivity contribution in [2.75, 3.05) is 27.2 Å². The number of amides is 5. The molecule has 1 fully saturated rings. The second kappa shape index (κ2) is 7.51. The van der Waals surface area contributed by atoms with Gasteiger partial charge in [-0.15, -0.1) is 0 Å². The van der Waals surface area contributed by atoms with Crippen molar-refractivity contribution in [2.24, 2.45) is 0 Å². The van der Waals surface area contributed by atoms with E-state index in [2.05, 4.69) is 10.6 Å². The molecule has 0 spiro atoms. The molecule has 2 N–H and O–H groups in total. The van der Waals surface area contributed by atoms with Crippen LogP contribution in [0.1, 0.15) is 12.5 Å². The molecule has 8 nitrogen and oxygen atoms in total. The molecule has 2 rings (SSSR count). The lowest BCUT2D eigenvalue weighted by molar-refractivity contribution is -0.135. The lowest BCUT2D eigenvalue weighted by Crippen LogP contribution is -2.45. The highest BCUT2D eigenvalue weighted by Gasteiger charge is 2.50. The molecule has 0 radical (unpaired) electrons. The van der Waals surface area contributed by atoms with Crippen molar-refractivity contribution in [1.29, 1.82) is 0 Å². The first-order valence-electron chi connectivity index (χ1n) is 7.62. The van der Waals surface area contributed by atoms with Gasteiger partial charge in [0.25, 0.3) is 5.91 Å². The number of hydrogen-bond donors (Lipinski definition) is 2. The summed E-state index contributed by atoms with van der Waals surface area (Å²) in [6.45, 7) is 0.762. The van der Waals surface area contributed by atoms with Gasteiger partial charge in [0.15, 0.2) is 0 Å². The monoisotopic (exact) mass is 400 g/mol. The van der Waals surface area contributed by atoms with Crippen molar-refractivity contribution < 1.29 is 19.2 Å². The average molecular weight is 401 g/mol. The number of imide groups is 1. The summed E-state index contributed by atoms with van der Waals surface area (Å²) in [4.78, 5) is 50.5. The zero-order valence-electron chi connectivity index (χ0n) is 14.4. The molecule has 0 aliphatic carbocycles. The highest BCUT2D eigenvalue weighted by Crippen LogP contribution is 2.34. The van der Waals surface area contributed by atoms with E-state index in [0.717, 1.165) is 4.90 Å². The van der Waals surface area contributed by atoms with Crippen molar-refractivity contribution in [3.8, 4) is 0 Å². The summed E-state index contributed by atoms with van der Waals surface area (Å²) in [5.41, 5.74) is -1.05. The zero-order chi connectivity index (χ0) is 19.6. The van der Waals surface area contributed by atoms with E-state index in [9.17, 15) is 19.2 Å². The van der Waals surface area contributed by atoms with E-state index in [1.807, 2.05) is 0 Å². The Bertz CT molecular complexity index is 784. The molecule has 26 heavy (non-hydrogen) atoms. The van der Waals surface area contributed by atoms with Gasteiger partial charge >= 0.3 is 6.03 Å². The number of rotatable bonds is 5. The molecule has 1 atom stereocenters. The fourth-order valence-corrected chi connectivity index (χ4v) is 3.05. The summed E-state index contributed by atoms with van der Waals surface area (Å²) < 4.78 is 0. The lowest BCUT2D eigenvalue weighted by atomic mass is 9.92. The second-order valence-corrected chi connectivity index (χ2v) is 6.98.